The van der Waals surface area contributed by atoms with Gasteiger partial charge in [0.1, 0.15) is 0 Å². The highest BCUT2D eigenvalue weighted by atomic mass is 32.1. The van der Waals surface area contributed by atoms with Crippen LogP contribution in [0.3, 0.4) is 0 Å². The molecule has 1 heterocycles. The van der Waals surface area contributed by atoms with Crippen molar-refractivity contribution >= 4 is 17.3 Å². The monoisotopic (exact) mass is 254 g/mol. The summed E-state index contributed by atoms with van der Waals surface area (Å²) in [6, 6.07) is 0. The van der Waals surface area contributed by atoms with Crippen molar-refractivity contribution in [2.45, 2.75) is 33.6 Å². The third-order valence-electron chi connectivity index (χ3n) is 2.22. The van der Waals surface area contributed by atoms with Crippen LogP contribution in [0.2, 0.25) is 0 Å². The van der Waals surface area contributed by atoms with Gasteiger partial charge in [0.15, 0.2) is 5.96 Å². The summed E-state index contributed by atoms with van der Waals surface area (Å²) in [5, 5.41) is 6.41. The van der Waals surface area contributed by atoms with Crippen molar-refractivity contribution in [3.05, 3.63) is 16.1 Å². The molecule has 0 aliphatic rings. The Morgan fingerprint density at radius 2 is 2.35 bits per heavy atom. The molecular weight excluding hydrogens is 232 g/mol. The second-order valence-electron chi connectivity index (χ2n) is 4.38. The minimum atomic E-state index is 0.532. The van der Waals surface area contributed by atoms with E-state index in [0.717, 1.165) is 31.6 Å². The number of nitrogens with one attached hydrogen (secondary N) is 1. The Morgan fingerprint density at radius 3 is 2.94 bits per heavy atom. The zero-order chi connectivity index (χ0) is 12.7. The van der Waals surface area contributed by atoms with Crippen LogP contribution in [0.4, 0.5) is 0 Å². The molecule has 4 nitrogen and oxygen atoms in total. The molecule has 0 spiro atoms. The van der Waals surface area contributed by atoms with Crippen molar-refractivity contribution in [3.8, 4) is 0 Å². The van der Waals surface area contributed by atoms with Gasteiger partial charge in [0, 0.05) is 24.9 Å². The van der Waals surface area contributed by atoms with Crippen LogP contribution >= 0.6 is 11.3 Å². The summed E-state index contributed by atoms with van der Waals surface area (Å²) in [5.41, 5.74) is 6.87. The maximum atomic E-state index is 5.74. The molecule has 0 atom stereocenters. The zero-order valence-electron chi connectivity index (χ0n) is 10.9. The predicted octanol–water partition coefficient (Wildman–Crippen LogP) is 1.81. The van der Waals surface area contributed by atoms with Crippen LogP contribution in [0.1, 0.15) is 31.5 Å². The van der Waals surface area contributed by atoms with Crippen LogP contribution in [0.15, 0.2) is 10.4 Å². The van der Waals surface area contributed by atoms with Crippen molar-refractivity contribution in [3.63, 3.8) is 0 Å². The Hall–Kier alpha value is -1.10. The summed E-state index contributed by atoms with van der Waals surface area (Å²) in [6.45, 7) is 7.93. The number of aromatic nitrogens is 1. The van der Waals surface area contributed by atoms with Crippen molar-refractivity contribution in [1.29, 1.82) is 0 Å². The number of hydrogen-bond acceptors (Lipinski definition) is 3. The number of guanidine groups is 1. The molecule has 0 bridgehead atoms. The van der Waals surface area contributed by atoms with Crippen LogP contribution in [0.25, 0.3) is 0 Å². The first-order chi connectivity index (χ1) is 8.11. The van der Waals surface area contributed by atoms with Crippen LogP contribution in [0, 0.1) is 5.92 Å². The van der Waals surface area contributed by atoms with Gasteiger partial charge in [-0.1, -0.05) is 20.8 Å². The minimum absolute atomic E-state index is 0.532. The number of hydrogen-bond donors (Lipinski definition) is 2. The zero-order valence-corrected chi connectivity index (χ0v) is 11.7. The Balaban J connectivity index is 2.25. The van der Waals surface area contributed by atoms with Crippen LogP contribution < -0.4 is 11.1 Å². The van der Waals surface area contributed by atoms with Gasteiger partial charge in [-0.3, -0.25) is 4.99 Å². The van der Waals surface area contributed by atoms with Crippen LogP contribution in [0.5, 0.6) is 0 Å². The lowest BCUT2D eigenvalue weighted by atomic mass is 10.2. The molecule has 1 aromatic heterocycles. The van der Waals surface area contributed by atoms with Crippen LogP contribution in [-0.4, -0.2) is 24.0 Å². The lowest BCUT2D eigenvalue weighted by molar-refractivity contribution is 0.661. The first kappa shape index (κ1) is 14.0. The van der Waals surface area contributed by atoms with E-state index in [1.165, 1.54) is 5.01 Å². The Bertz CT molecular complexity index is 357. The normalized spacial score (nSPS) is 12.1. The fourth-order valence-electron chi connectivity index (χ4n) is 1.28. The third kappa shape index (κ3) is 5.68. The van der Waals surface area contributed by atoms with E-state index in [9.17, 15) is 0 Å². The van der Waals surface area contributed by atoms with E-state index in [1.807, 2.05) is 0 Å². The average molecular weight is 254 g/mol. The van der Waals surface area contributed by atoms with Crippen molar-refractivity contribution in [1.82, 2.24) is 10.3 Å². The standard InChI is InChI=1S/C12H22N4S/c1-4-11-16-10(8-17-11)5-6-14-12(13)15-7-9(2)3/h8-9H,4-7H2,1-3H3,(H3,13,14,15). The van der Waals surface area contributed by atoms with Gasteiger partial charge in [0.25, 0.3) is 0 Å². The highest BCUT2D eigenvalue weighted by Crippen LogP contribution is 2.09. The molecule has 96 valence electrons. The second-order valence-corrected chi connectivity index (χ2v) is 5.33. The van der Waals surface area contributed by atoms with Crippen LogP contribution in [-0.2, 0) is 12.8 Å². The van der Waals surface area contributed by atoms with Crippen molar-refractivity contribution in [2.75, 3.05) is 13.1 Å². The average Bonchev–Trinajstić information content (AvgIpc) is 2.74. The van der Waals surface area contributed by atoms with E-state index in [0.29, 0.717) is 11.9 Å². The van der Waals surface area contributed by atoms with Gasteiger partial charge in [-0.2, -0.15) is 0 Å². The summed E-state index contributed by atoms with van der Waals surface area (Å²) in [6.07, 6.45) is 1.91. The van der Waals surface area contributed by atoms with E-state index in [1.54, 1.807) is 11.3 Å². The SMILES string of the molecule is CCc1nc(CCNC(N)=NCC(C)C)cs1. The molecular formula is C12H22N4S. The van der Waals surface area contributed by atoms with Crippen molar-refractivity contribution in [2.24, 2.45) is 16.6 Å². The van der Waals surface area contributed by atoms with Gasteiger partial charge in [-0.25, -0.2) is 4.98 Å². The molecule has 0 radical (unpaired) electrons. The molecule has 0 saturated heterocycles. The number of aryl methyl sites for hydroxylation is 1. The van der Waals surface area contributed by atoms with Gasteiger partial charge in [0.05, 0.1) is 10.7 Å². The predicted molar refractivity (Wildman–Crippen MR) is 74.5 cm³/mol. The van der Waals surface area contributed by atoms with Gasteiger partial charge in [-0.05, 0) is 12.3 Å². The van der Waals surface area contributed by atoms with Gasteiger partial charge in [0.2, 0.25) is 0 Å². The minimum Gasteiger partial charge on any atom is -0.370 e. The molecule has 0 aliphatic heterocycles. The van der Waals surface area contributed by atoms with E-state index in [2.05, 4.69) is 41.4 Å². The Morgan fingerprint density at radius 1 is 1.59 bits per heavy atom. The fraction of sp³-hybridized carbons (Fsp3) is 0.667. The lowest BCUT2D eigenvalue weighted by Gasteiger charge is -2.05. The molecule has 0 amide bonds. The molecule has 1 aromatic rings. The summed E-state index contributed by atoms with van der Waals surface area (Å²) < 4.78 is 0. The Kier molecular flexibility index (Phi) is 5.97. The molecule has 3 N–H and O–H groups in total. The molecule has 0 fully saturated rings. The van der Waals surface area contributed by atoms with Crippen molar-refractivity contribution < 1.29 is 0 Å². The summed E-state index contributed by atoms with van der Waals surface area (Å²) >= 11 is 1.72. The Labute approximate surface area is 107 Å². The molecule has 1 rings (SSSR count). The third-order valence-corrected chi connectivity index (χ3v) is 3.26. The number of nitrogens with zero attached hydrogens (tertiary/aromatic N) is 2. The summed E-state index contributed by atoms with van der Waals surface area (Å²) in [5.74, 6) is 1.07. The van der Waals surface area contributed by atoms with Gasteiger partial charge in [-0.15, -0.1) is 11.3 Å². The van der Waals surface area contributed by atoms with E-state index < -0.39 is 0 Å². The van der Waals surface area contributed by atoms with E-state index in [4.69, 9.17) is 5.73 Å². The van der Waals surface area contributed by atoms with E-state index >= 15 is 0 Å². The highest BCUT2D eigenvalue weighted by molar-refractivity contribution is 7.09. The first-order valence-electron chi connectivity index (χ1n) is 6.08. The lowest BCUT2D eigenvalue weighted by Crippen LogP contribution is -2.33. The molecule has 0 aliphatic carbocycles. The van der Waals surface area contributed by atoms with E-state index in [-0.39, 0.29) is 0 Å². The summed E-state index contributed by atoms with van der Waals surface area (Å²) in [7, 11) is 0. The number of aliphatic imine (C=N–C) groups is 1. The quantitative estimate of drug-likeness (QED) is 0.601. The maximum absolute atomic E-state index is 5.74. The highest BCUT2D eigenvalue weighted by Gasteiger charge is 2.00. The topological polar surface area (TPSA) is 63.3 Å². The van der Waals surface area contributed by atoms with Gasteiger partial charge < -0.3 is 11.1 Å². The second kappa shape index (κ2) is 7.27. The summed E-state index contributed by atoms with van der Waals surface area (Å²) in [4.78, 5) is 8.74. The van der Waals surface area contributed by atoms with Gasteiger partial charge >= 0.3 is 0 Å². The smallest absolute Gasteiger partial charge is 0.188 e. The number of nitrogens with two attached hydrogens (primary N) is 1. The fourth-order valence-corrected chi connectivity index (χ4v) is 2.06. The molecule has 0 saturated carbocycles. The molecule has 5 heteroatoms. The number of thiazole rings is 1. The number of rotatable bonds is 6. The first-order valence-corrected chi connectivity index (χ1v) is 6.96. The molecule has 0 unspecified atom stereocenters. The maximum Gasteiger partial charge on any atom is 0.188 e. The molecule has 17 heavy (non-hydrogen) atoms. The largest absolute Gasteiger partial charge is 0.370 e. The molecule has 0 aromatic carbocycles.